The van der Waals surface area contributed by atoms with Crippen molar-refractivity contribution in [3.05, 3.63) is 71.8 Å². The highest BCUT2D eigenvalue weighted by Gasteiger charge is 2.13. The molecule has 0 aliphatic heterocycles. The van der Waals surface area contributed by atoms with Gasteiger partial charge < -0.3 is 36.4 Å². The van der Waals surface area contributed by atoms with Crippen molar-refractivity contribution >= 4 is 42.2 Å². The number of amides is 1. The van der Waals surface area contributed by atoms with Gasteiger partial charge in [-0.25, -0.2) is 9.97 Å². The maximum absolute atomic E-state index is 11.8. The molecule has 0 saturated heterocycles. The minimum Gasteiger partial charge on any atom is -0.476 e. The number of hydrogen-bond acceptors (Lipinski definition) is 10. The van der Waals surface area contributed by atoms with E-state index < -0.39 is 6.04 Å². The molecule has 11 nitrogen and oxygen atoms in total. The average molecular weight is 548 g/mol. The van der Waals surface area contributed by atoms with Crippen molar-refractivity contribution in [3.8, 4) is 17.1 Å². The number of nitrogens with zero attached hydrogens (tertiary/aromatic N) is 3. The fourth-order valence-electron chi connectivity index (χ4n) is 3.33. The van der Waals surface area contributed by atoms with Crippen LogP contribution in [0.5, 0.6) is 5.88 Å². The molecule has 2 aromatic carbocycles. The van der Waals surface area contributed by atoms with Crippen LogP contribution in [0, 0.1) is 6.92 Å². The smallest absolute Gasteiger partial charge is 0.245 e. The molecule has 0 spiro atoms. The fourth-order valence-corrected chi connectivity index (χ4v) is 3.33. The molecule has 6 N–H and O–H groups in total. The Kier molecular flexibility index (Phi) is 14.7. The Morgan fingerprint density at radius 3 is 2.12 bits per heavy atom. The molecule has 0 unspecified atom stereocenters. The summed E-state index contributed by atoms with van der Waals surface area (Å²) in [5.74, 6) is 0.684. The van der Waals surface area contributed by atoms with Crippen molar-refractivity contribution < 1.29 is 19.1 Å². The zero-order valence-corrected chi connectivity index (χ0v) is 23.3. The maximum Gasteiger partial charge on any atom is 0.245 e. The number of aryl methyl sites for hydroxylation is 1. The third-order valence-electron chi connectivity index (χ3n) is 5.22. The molecule has 2 aromatic heterocycles. The molecule has 4 rings (SSSR count). The molecular weight excluding hydrogens is 510 g/mol. The number of anilines is 2. The lowest BCUT2D eigenvalue weighted by Gasteiger charge is -2.12. The first kappa shape index (κ1) is 33.3. The van der Waals surface area contributed by atoms with Crippen LogP contribution in [0.1, 0.15) is 25.0 Å². The minimum atomic E-state index is -0.574. The summed E-state index contributed by atoms with van der Waals surface area (Å²) in [6.07, 6.45) is 0. The highest BCUT2D eigenvalue weighted by Crippen LogP contribution is 2.27. The van der Waals surface area contributed by atoms with Crippen LogP contribution in [0.25, 0.3) is 22.3 Å². The van der Waals surface area contributed by atoms with Crippen molar-refractivity contribution in [2.24, 2.45) is 11.5 Å². The van der Waals surface area contributed by atoms with E-state index >= 15 is 0 Å². The molecule has 0 fully saturated rings. The molecule has 0 aliphatic rings. The molecule has 0 saturated carbocycles. The highest BCUT2D eigenvalue weighted by molar-refractivity contribution is 5.94. The summed E-state index contributed by atoms with van der Waals surface area (Å²) < 4.78 is 5.79. The topological polar surface area (TPSA) is 175 Å². The Labute approximate surface area is 234 Å². The Bertz CT molecular complexity index is 1330. The van der Waals surface area contributed by atoms with Crippen LogP contribution in [0.3, 0.4) is 0 Å². The summed E-state index contributed by atoms with van der Waals surface area (Å²) in [5, 5.41) is 6.05. The number of nitrogens with one attached hydrogen (secondary N) is 2. The number of hydrogen-bond donors (Lipinski definition) is 4. The van der Waals surface area contributed by atoms with Crippen LogP contribution < -0.4 is 26.8 Å². The maximum atomic E-state index is 11.8. The molecule has 0 bridgehead atoms. The Hall–Kier alpha value is -4.74. The zero-order chi connectivity index (χ0) is 30.1. The van der Waals surface area contributed by atoms with E-state index in [1.807, 2.05) is 56.9 Å². The van der Waals surface area contributed by atoms with Gasteiger partial charge in [0, 0.05) is 17.8 Å². The fraction of sp³-hybridized carbons (Fsp3) is 0.241. The summed E-state index contributed by atoms with van der Waals surface area (Å²) in [6.45, 7) is 10.7. The molecule has 212 valence electrons. The van der Waals surface area contributed by atoms with Gasteiger partial charge in [-0.2, -0.15) is 4.98 Å². The Morgan fingerprint density at radius 1 is 0.925 bits per heavy atom. The number of rotatable bonds is 8. The third-order valence-corrected chi connectivity index (χ3v) is 5.22. The van der Waals surface area contributed by atoms with Crippen LogP contribution in [0.4, 0.5) is 11.6 Å². The van der Waals surface area contributed by atoms with Gasteiger partial charge in [0.15, 0.2) is 5.52 Å². The average Bonchev–Trinajstić information content (AvgIpc) is 3.00. The van der Waals surface area contributed by atoms with Gasteiger partial charge in [-0.3, -0.25) is 4.79 Å². The van der Waals surface area contributed by atoms with Crippen LogP contribution in [-0.2, 0) is 20.9 Å². The highest BCUT2D eigenvalue weighted by atomic mass is 16.5. The summed E-state index contributed by atoms with van der Waals surface area (Å²) >= 11 is 0. The van der Waals surface area contributed by atoms with Crippen LogP contribution in [0.15, 0.2) is 60.7 Å². The van der Waals surface area contributed by atoms with Crippen molar-refractivity contribution in [3.63, 3.8) is 0 Å². The molecule has 4 aromatic rings. The van der Waals surface area contributed by atoms with E-state index in [0.29, 0.717) is 41.7 Å². The Morgan fingerprint density at radius 2 is 1.55 bits per heavy atom. The summed E-state index contributed by atoms with van der Waals surface area (Å²) in [7, 11) is 1.50. The quantitative estimate of drug-likeness (QED) is 0.255. The van der Waals surface area contributed by atoms with E-state index in [4.69, 9.17) is 25.0 Å². The number of pyridine rings is 1. The van der Waals surface area contributed by atoms with Gasteiger partial charge in [0.05, 0.1) is 23.9 Å². The molecule has 2 heterocycles. The van der Waals surface area contributed by atoms with Gasteiger partial charge in [0.1, 0.15) is 13.6 Å². The van der Waals surface area contributed by atoms with E-state index in [0.717, 1.165) is 16.8 Å². The van der Waals surface area contributed by atoms with E-state index in [1.54, 1.807) is 6.92 Å². The predicted molar refractivity (Wildman–Crippen MR) is 159 cm³/mol. The number of ether oxygens (including phenoxy) is 1. The lowest BCUT2D eigenvalue weighted by atomic mass is 10.1. The monoisotopic (exact) mass is 547 g/mol. The third kappa shape index (κ3) is 9.53. The molecule has 11 heteroatoms. The molecular formula is C29H37N7O4. The van der Waals surface area contributed by atoms with Crippen LogP contribution in [-0.4, -0.2) is 54.1 Å². The first-order chi connectivity index (χ1) is 19.4. The number of carbonyl (C=O) groups excluding carboxylic acids is 3. The van der Waals surface area contributed by atoms with Crippen LogP contribution in [0.2, 0.25) is 0 Å². The summed E-state index contributed by atoms with van der Waals surface area (Å²) in [4.78, 5) is 41.7. The number of aromatic nitrogens is 3. The first-order valence-electron chi connectivity index (χ1n) is 12.4. The van der Waals surface area contributed by atoms with Gasteiger partial charge in [0.2, 0.25) is 17.7 Å². The second kappa shape index (κ2) is 17.7. The van der Waals surface area contributed by atoms with Crippen LogP contribution >= 0.6 is 0 Å². The van der Waals surface area contributed by atoms with Gasteiger partial charge in [0.25, 0.3) is 0 Å². The summed E-state index contributed by atoms with van der Waals surface area (Å²) in [6, 6.07) is 19.0. The lowest BCUT2D eigenvalue weighted by molar-refractivity contribution is -0.117. The number of carbonyl (C=O) groups is 3. The normalized spacial score (nSPS) is 10.3. The molecule has 1 atom stereocenters. The predicted octanol–water partition coefficient (Wildman–Crippen LogP) is 3.50. The molecule has 40 heavy (non-hydrogen) atoms. The van der Waals surface area contributed by atoms with E-state index in [9.17, 15) is 4.79 Å². The largest absolute Gasteiger partial charge is 0.476 e. The summed E-state index contributed by atoms with van der Waals surface area (Å²) in [5.41, 5.74) is 16.1. The van der Waals surface area contributed by atoms with Crippen molar-refractivity contribution in [2.45, 2.75) is 33.4 Å². The van der Waals surface area contributed by atoms with E-state index in [2.05, 4.69) is 57.5 Å². The van der Waals surface area contributed by atoms with Crippen molar-refractivity contribution in [1.29, 1.82) is 0 Å². The van der Waals surface area contributed by atoms with E-state index in [-0.39, 0.29) is 5.91 Å². The molecule has 1 amide bonds. The van der Waals surface area contributed by atoms with Crippen molar-refractivity contribution in [1.82, 2.24) is 15.0 Å². The standard InChI is InChI=1S/C26H28N6O2.CH5N.2CH2O/c1-4-34-25-23-22(31-26(32-25)28-15-18-7-5-16(2)6-8-18)14-13-21(30-23)19-9-11-20(12-10-19)29-24(33)17(3)27;3*1-2/h5-14,17H,4,15,27H2,1-3H3,(H,29,33)(H,28,31,32);2H2,1H3;2*1H2/t17-;;;/m0.../s1. The molecule has 0 aliphatic carbocycles. The lowest BCUT2D eigenvalue weighted by Crippen LogP contribution is -2.32. The van der Waals surface area contributed by atoms with Crippen molar-refractivity contribution in [2.75, 3.05) is 24.3 Å². The minimum absolute atomic E-state index is 0.234. The second-order valence-electron chi connectivity index (χ2n) is 8.04. The van der Waals surface area contributed by atoms with Gasteiger partial charge in [-0.1, -0.05) is 42.0 Å². The van der Waals surface area contributed by atoms with E-state index in [1.165, 1.54) is 12.6 Å². The molecule has 0 radical (unpaired) electrons. The van der Waals surface area contributed by atoms with Gasteiger partial charge >= 0.3 is 0 Å². The number of fused-ring (bicyclic) bond motifs is 1. The SMILES string of the molecule is C=O.C=O.CCOc1nc(NCc2ccc(C)cc2)nc2ccc(-c3ccc(NC(=O)[C@H](C)N)cc3)nc12.CN. The second-order valence-corrected chi connectivity index (χ2v) is 8.04. The first-order valence-corrected chi connectivity index (χ1v) is 12.4. The Balaban J connectivity index is 0.00000125. The number of nitrogens with two attached hydrogens (primary N) is 2. The van der Waals surface area contributed by atoms with Gasteiger partial charge in [-0.15, -0.1) is 0 Å². The zero-order valence-electron chi connectivity index (χ0n) is 23.3. The number of benzene rings is 2. The van der Waals surface area contributed by atoms with Gasteiger partial charge in [-0.05, 0) is 57.6 Å².